The Hall–Kier alpha value is -1.56. The fourth-order valence-electron chi connectivity index (χ4n) is 2.14. The Morgan fingerprint density at radius 1 is 1.42 bits per heavy atom. The van der Waals surface area contributed by atoms with E-state index < -0.39 is 0 Å². The van der Waals surface area contributed by atoms with Crippen LogP contribution in [0.3, 0.4) is 0 Å². The van der Waals surface area contributed by atoms with Crippen LogP contribution < -0.4 is 15.4 Å². The Bertz CT molecular complexity index is 414. The van der Waals surface area contributed by atoms with Gasteiger partial charge < -0.3 is 20.1 Å². The monoisotopic (exact) mass is 266 g/mol. The number of nitrogens with one attached hydrogen (secondary N) is 2. The maximum atomic E-state index is 5.54. The molecule has 106 valence electrons. The molecule has 1 saturated heterocycles. The molecule has 0 aliphatic carbocycles. The Morgan fingerprint density at radius 3 is 2.84 bits per heavy atom. The van der Waals surface area contributed by atoms with Gasteiger partial charge in [0.25, 0.3) is 0 Å². The van der Waals surface area contributed by atoms with Crippen LogP contribution in [-0.2, 0) is 4.74 Å². The van der Waals surface area contributed by atoms with Crippen molar-refractivity contribution < 1.29 is 9.47 Å². The normalized spacial score (nSPS) is 22.3. The predicted octanol–water partition coefficient (Wildman–Crippen LogP) is 1.90. The van der Waals surface area contributed by atoms with Crippen molar-refractivity contribution in [2.24, 2.45) is 0 Å². The third-order valence-electron chi connectivity index (χ3n) is 3.25. The van der Waals surface area contributed by atoms with Crippen molar-refractivity contribution in [3.8, 4) is 5.75 Å². The van der Waals surface area contributed by atoms with E-state index >= 15 is 0 Å². The molecular formula is C13H22N4O2. The topological polar surface area (TPSA) is 68.3 Å². The fourth-order valence-corrected chi connectivity index (χ4v) is 2.14. The summed E-state index contributed by atoms with van der Waals surface area (Å²) in [6.07, 6.45) is 3.74. The van der Waals surface area contributed by atoms with Crippen LogP contribution in [-0.4, -0.2) is 42.4 Å². The summed E-state index contributed by atoms with van der Waals surface area (Å²) in [6, 6.07) is 0.267. The van der Waals surface area contributed by atoms with Gasteiger partial charge in [-0.3, -0.25) is 0 Å². The van der Waals surface area contributed by atoms with Gasteiger partial charge in [0.1, 0.15) is 6.33 Å². The number of hydrogen-bond donors (Lipinski definition) is 2. The second-order valence-electron chi connectivity index (χ2n) is 4.65. The highest BCUT2D eigenvalue weighted by molar-refractivity contribution is 5.63. The minimum absolute atomic E-state index is 0.187. The average molecular weight is 266 g/mol. The fraction of sp³-hybridized carbons (Fsp3) is 0.692. The molecule has 0 aromatic carbocycles. The first-order chi connectivity index (χ1) is 9.26. The summed E-state index contributed by atoms with van der Waals surface area (Å²) < 4.78 is 11.0. The molecule has 0 radical (unpaired) electrons. The van der Waals surface area contributed by atoms with Gasteiger partial charge in [-0.05, 0) is 19.8 Å². The quantitative estimate of drug-likeness (QED) is 0.819. The summed E-state index contributed by atoms with van der Waals surface area (Å²) in [5, 5.41) is 6.63. The van der Waals surface area contributed by atoms with Gasteiger partial charge in [-0.25, -0.2) is 9.97 Å². The third-order valence-corrected chi connectivity index (χ3v) is 3.25. The van der Waals surface area contributed by atoms with Crippen LogP contribution in [0.2, 0.25) is 0 Å². The van der Waals surface area contributed by atoms with E-state index in [0.29, 0.717) is 5.75 Å². The van der Waals surface area contributed by atoms with Crippen molar-refractivity contribution in [2.45, 2.75) is 38.8 Å². The number of methoxy groups -OCH3 is 1. The van der Waals surface area contributed by atoms with Crippen LogP contribution >= 0.6 is 0 Å². The second kappa shape index (κ2) is 6.56. The number of anilines is 2. The molecule has 6 nitrogen and oxygen atoms in total. The molecule has 2 heterocycles. The largest absolute Gasteiger partial charge is 0.490 e. The number of ether oxygens (including phenoxy) is 2. The van der Waals surface area contributed by atoms with E-state index in [1.807, 2.05) is 0 Å². The first-order valence-electron chi connectivity index (χ1n) is 6.77. The molecular weight excluding hydrogens is 244 g/mol. The molecule has 2 atom stereocenters. The molecule has 0 bridgehead atoms. The standard InChI is InChI=1S/C13H22N4O2/c1-4-6-14-12-11(18-3)13(16-8-15-12)17-10-5-7-19-9(10)2/h8-10H,4-7H2,1-3H3,(H2,14,15,16,17). The second-order valence-corrected chi connectivity index (χ2v) is 4.65. The molecule has 0 spiro atoms. The Balaban J connectivity index is 2.14. The Morgan fingerprint density at radius 2 is 2.21 bits per heavy atom. The molecule has 2 N–H and O–H groups in total. The lowest BCUT2D eigenvalue weighted by molar-refractivity contribution is 0.121. The molecule has 0 amide bonds. The third kappa shape index (κ3) is 3.26. The summed E-state index contributed by atoms with van der Waals surface area (Å²) in [5.74, 6) is 2.11. The van der Waals surface area contributed by atoms with E-state index in [-0.39, 0.29) is 12.1 Å². The Labute approximate surface area is 113 Å². The van der Waals surface area contributed by atoms with Crippen LogP contribution in [0.15, 0.2) is 6.33 Å². The molecule has 1 aliphatic rings. The van der Waals surface area contributed by atoms with Gasteiger partial charge in [-0.15, -0.1) is 0 Å². The predicted molar refractivity (Wildman–Crippen MR) is 74.8 cm³/mol. The maximum absolute atomic E-state index is 5.54. The molecule has 6 heteroatoms. The highest BCUT2D eigenvalue weighted by Gasteiger charge is 2.26. The van der Waals surface area contributed by atoms with E-state index in [2.05, 4.69) is 34.4 Å². The summed E-state index contributed by atoms with van der Waals surface area (Å²) in [6.45, 7) is 5.81. The van der Waals surface area contributed by atoms with Crippen LogP contribution in [0.25, 0.3) is 0 Å². The smallest absolute Gasteiger partial charge is 0.204 e. The number of nitrogens with zero attached hydrogens (tertiary/aromatic N) is 2. The van der Waals surface area contributed by atoms with Crippen LogP contribution in [0, 0.1) is 0 Å². The van der Waals surface area contributed by atoms with E-state index in [0.717, 1.165) is 37.6 Å². The van der Waals surface area contributed by atoms with Crippen molar-refractivity contribution in [3.05, 3.63) is 6.33 Å². The van der Waals surface area contributed by atoms with Gasteiger partial charge in [-0.1, -0.05) is 6.92 Å². The summed E-state index contributed by atoms with van der Waals surface area (Å²) in [5.41, 5.74) is 0. The first kappa shape index (κ1) is 13.9. The van der Waals surface area contributed by atoms with E-state index in [1.54, 1.807) is 13.4 Å². The van der Waals surface area contributed by atoms with Crippen molar-refractivity contribution in [1.29, 1.82) is 0 Å². The first-order valence-corrected chi connectivity index (χ1v) is 6.77. The molecule has 1 fully saturated rings. The van der Waals surface area contributed by atoms with Crippen molar-refractivity contribution in [3.63, 3.8) is 0 Å². The molecule has 2 rings (SSSR count). The number of aromatic nitrogens is 2. The molecule has 1 aromatic rings. The summed E-state index contributed by atoms with van der Waals surface area (Å²) >= 11 is 0. The van der Waals surface area contributed by atoms with Gasteiger partial charge in [0.05, 0.1) is 19.3 Å². The molecule has 19 heavy (non-hydrogen) atoms. The molecule has 1 aromatic heterocycles. The highest BCUT2D eigenvalue weighted by Crippen LogP contribution is 2.30. The van der Waals surface area contributed by atoms with Gasteiger partial charge in [0.2, 0.25) is 5.75 Å². The molecule has 0 saturated carbocycles. The summed E-state index contributed by atoms with van der Waals surface area (Å²) in [7, 11) is 1.63. The zero-order chi connectivity index (χ0) is 13.7. The van der Waals surface area contributed by atoms with Gasteiger partial charge in [-0.2, -0.15) is 0 Å². The SMILES string of the molecule is CCCNc1ncnc(NC2CCOC2C)c1OC. The minimum atomic E-state index is 0.187. The number of rotatable bonds is 6. The summed E-state index contributed by atoms with van der Waals surface area (Å²) in [4.78, 5) is 8.50. The van der Waals surface area contributed by atoms with Crippen LogP contribution in [0.1, 0.15) is 26.7 Å². The van der Waals surface area contributed by atoms with Gasteiger partial charge >= 0.3 is 0 Å². The van der Waals surface area contributed by atoms with Crippen LogP contribution in [0.4, 0.5) is 11.6 Å². The lowest BCUT2D eigenvalue weighted by Crippen LogP contribution is -2.27. The van der Waals surface area contributed by atoms with Crippen molar-refractivity contribution in [2.75, 3.05) is 30.9 Å². The van der Waals surface area contributed by atoms with E-state index in [4.69, 9.17) is 9.47 Å². The number of hydrogen-bond acceptors (Lipinski definition) is 6. The lowest BCUT2D eigenvalue weighted by atomic mass is 10.1. The van der Waals surface area contributed by atoms with E-state index in [9.17, 15) is 0 Å². The van der Waals surface area contributed by atoms with Crippen molar-refractivity contribution >= 4 is 11.6 Å². The maximum Gasteiger partial charge on any atom is 0.204 e. The van der Waals surface area contributed by atoms with E-state index in [1.165, 1.54) is 0 Å². The minimum Gasteiger partial charge on any atom is -0.490 e. The zero-order valence-electron chi connectivity index (χ0n) is 11.8. The zero-order valence-corrected chi connectivity index (χ0v) is 11.8. The van der Waals surface area contributed by atoms with Crippen molar-refractivity contribution in [1.82, 2.24) is 9.97 Å². The van der Waals surface area contributed by atoms with Crippen LogP contribution in [0.5, 0.6) is 5.75 Å². The highest BCUT2D eigenvalue weighted by atomic mass is 16.5. The lowest BCUT2D eigenvalue weighted by Gasteiger charge is -2.19. The molecule has 1 aliphatic heterocycles. The van der Waals surface area contributed by atoms with Gasteiger partial charge in [0, 0.05) is 13.2 Å². The Kier molecular flexibility index (Phi) is 4.79. The van der Waals surface area contributed by atoms with Gasteiger partial charge in [0.15, 0.2) is 11.6 Å². The average Bonchev–Trinajstić information content (AvgIpc) is 2.82. The molecule has 2 unspecified atom stereocenters.